The predicted octanol–water partition coefficient (Wildman–Crippen LogP) is 5.18. The SMILES string of the molecule is C=CC(=O)Nc1cc(Nc2nccc(-c3[nH]c(C4(CO)CC4)nc3-c3ccc4ccoc4c3)n2)c(OC)cc1N(C)CCN(C)C. The summed E-state index contributed by atoms with van der Waals surface area (Å²) in [5.41, 5.74) is 5.19. The second-order valence-corrected chi connectivity index (χ2v) is 11.8. The molecular formula is C34H38N8O4. The van der Waals surface area contributed by atoms with Crippen LogP contribution < -0.4 is 20.3 Å². The first-order valence-electron chi connectivity index (χ1n) is 15.0. The fourth-order valence-electron chi connectivity index (χ4n) is 5.33. The standard InChI is InChI=1S/C34H38N8O4/c1-6-29(44)36-24-18-25(28(45-5)19-26(24)42(4)15-14-41(2)3)38-33-35-13-9-23(37-33)31-30(39-32(40-31)34(20-43)11-12-34)22-8-7-21-10-16-46-27(21)17-22/h6-10,13,16-19,43H,1,11-12,14-15,20H2,2-5H3,(H,36,44)(H,39,40)(H,35,37,38). The van der Waals surface area contributed by atoms with E-state index in [0.717, 1.165) is 54.0 Å². The van der Waals surface area contributed by atoms with E-state index in [1.165, 1.54) is 6.08 Å². The zero-order valence-electron chi connectivity index (χ0n) is 26.4. The fourth-order valence-corrected chi connectivity index (χ4v) is 5.33. The lowest BCUT2D eigenvalue weighted by atomic mass is 10.1. The molecular weight excluding hydrogens is 584 g/mol. The molecule has 46 heavy (non-hydrogen) atoms. The van der Waals surface area contributed by atoms with E-state index in [4.69, 9.17) is 19.1 Å². The van der Waals surface area contributed by atoms with Crippen molar-refractivity contribution < 1.29 is 19.1 Å². The zero-order chi connectivity index (χ0) is 32.4. The molecule has 1 amide bonds. The van der Waals surface area contributed by atoms with Crippen molar-refractivity contribution in [2.24, 2.45) is 0 Å². The summed E-state index contributed by atoms with van der Waals surface area (Å²) in [6.07, 6.45) is 6.27. The van der Waals surface area contributed by atoms with Crippen LogP contribution in [0.25, 0.3) is 33.6 Å². The molecule has 5 aromatic rings. The van der Waals surface area contributed by atoms with Crippen molar-refractivity contribution in [2.75, 3.05) is 63.5 Å². The second-order valence-electron chi connectivity index (χ2n) is 11.8. The first-order chi connectivity index (χ1) is 22.2. The third-order valence-corrected chi connectivity index (χ3v) is 8.31. The number of hydrogen-bond acceptors (Lipinski definition) is 10. The summed E-state index contributed by atoms with van der Waals surface area (Å²) < 4.78 is 11.4. The molecule has 1 fully saturated rings. The lowest BCUT2D eigenvalue weighted by Crippen LogP contribution is -2.29. The number of ether oxygens (including phenoxy) is 1. The Morgan fingerprint density at radius 1 is 1.13 bits per heavy atom. The molecule has 12 heteroatoms. The maximum Gasteiger partial charge on any atom is 0.247 e. The minimum atomic E-state index is -0.378. The van der Waals surface area contributed by atoms with Crippen LogP contribution in [0.1, 0.15) is 18.7 Å². The maximum absolute atomic E-state index is 12.4. The molecule has 238 valence electrons. The van der Waals surface area contributed by atoms with Crippen molar-refractivity contribution in [3.63, 3.8) is 0 Å². The number of benzene rings is 2. The van der Waals surface area contributed by atoms with Crippen LogP contribution in [0.2, 0.25) is 0 Å². The van der Waals surface area contributed by atoms with E-state index < -0.39 is 0 Å². The van der Waals surface area contributed by atoms with Gasteiger partial charge in [-0.05, 0) is 57.3 Å². The highest BCUT2D eigenvalue weighted by Crippen LogP contribution is 2.48. The molecule has 4 N–H and O–H groups in total. The Labute approximate surface area is 267 Å². The zero-order valence-corrected chi connectivity index (χ0v) is 26.4. The van der Waals surface area contributed by atoms with Crippen molar-refractivity contribution in [1.29, 1.82) is 0 Å². The quantitative estimate of drug-likeness (QED) is 0.130. The number of H-pyrrole nitrogens is 1. The van der Waals surface area contributed by atoms with Crippen LogP contribution in [0.15, 0.2) is 72.0 Å². The number of carbonyl (C=O) groups excluding carboxylic acids is 1. The number of hydrogen-bond donors (Lipinski definition) is 4. The number of carbonyl (C=O) groups is 1. The van der Waals surface area contributed by atoms with Gasteiger partial charge in [-0.25, -0.2) is 15.0 Å². The summed E-state index contributed by atoms with van der Waals surface area (Å²) >= 11 is 0. The molecule has 2 aromatic carbocycles. The van der Waals surface area contributed by atoms with E-state index in [-0.39, 0.29) is 17.9 Å². The molecule has 0 spiro atoms. The van der Waals surface area contributed by atoms with Crippen molar-refractivity contribution in [3.05, 3.63) is 73.4 Å². The number of fused-ring (bicyclic) bond motifs is 1. The molecule has 1 aliphatic carbocycles. The van der Waals surface area contributed by atoms with Gasteiger partial charge in [0.1, 0.15) is 17.2 Å². The van der Waals surface area contributed by atoms with Crippen molar-refractivity contribution in [2.45, 2.75) is 18.3 Å². The Balaban J connectivity index is 1.38. The third-order valence-electron chi connectivity index (χ3n) is 8.31. The highest BCUT2D eigenvalue weighted by molar-refractivity contribution is 6.02. The van der Waals surface area contributed by atoms with E-state index in [0.29, 0.717) is 40.2 Å². The van der Waals surface area contributed by atoms with Gasteiger partial charge in [-0.2, -0.15) is 0 Å². The van der Waals surface area contributed by atoms with Crippen LogP contribution in [0.3, 0.4) is 0 Å². The van der Waals surface area contributed by atoms with Crippen LogP contribution in [-0.2, 0) is 10.2 Å². The highest BCUT2D eigenvalue weighted by Gasteiger charge is 2.47. The number of amides is 1. The molecule has 1 aliphatic rings. The van der Waals surface area contributed by atoms with Gasteiger partial charge in [-0.3, -0.25) is 4.79 Å². The highest BCUT2D eigenvalue weighted by atomic mass is 16.5. The number of rotatable bonds is 13. The van der Waals surface area contributed by atoms with E-state index in [2.05, 4.69) is 37.0 Å². The number of nitrogens with one attached hydrogen (secondary N) is 3. The maximum atomic E-state index is 12.4. The average molecular weight is 623 g/mol. The molecule has 0 atom stereocenters. The van der Waals surface area contributed by atoms with Crippen LogP contribution in [-0.4, -0.2) is 83.8 Å². The van der Waals surface area contributed by atoms with Gasteiger partial charge >= 0.3 is 0 Å². The predicted molar refractivity (Wildman–Crippen MR) is 180 cm³/mol. The Kier molecular flexibility index (Phi) is 8.48. The van der Waals surface area contributed by atoms with Crippen molar-refractivity contribution in [1.82, 2.24) is 24.8 Å². The van der Waals surface area contributed by atoms with Crippen molar-refractivity contribution in [3.8, 4) is 28.4 Å². The molecule has 0 saturated heterocycles. The number of aliphatic hydroxyl groups excluding tert-OH is 1. The molecule has 6 rings (SSSR count). The number of aromatic amines is 1. The minimum absolute atomic E-state index is 0.0119. The van der Waals surface area contributed by atoms with Gasteiger partial charge in [0.15, 0.2) is 0 Å². The number of imidazole rings is 1. The van der Waals surface area contributed by atoms with Crippen LogP contribution in [0.5, 0.6) is 5.75 Å². The number of aliphatic hydroxyl groups is 1. The van der Waals surface area contributed by atoms with Crippen molar-refractivity contribution >= 4 is 39.9 Å². The summed E-state index contributed by atoms with van der Waals surface area (Å²) in [5, 5.41) is 17.4. The Morgan fingerprint density at radius 2 is 1.96 bits per heavy atom. The molecule has 3 heterocycles. The van der Waals surface area contributed by atoms with Gasteiger partial charge in [0.05, 0.1) is 59.5 Å². The largest absolute Gasteiger partial charge is 0.494 e. The molecule has 12 nitrogen and oxygen atoms in total. The van der Waals surface area contributed by atoms with Crippen LogP contribution >= 0.6 is 0 Å². The van der Waals surface area contributed by atoms with E-state index in [9.17, 15) is 9.90 Å². The third kappa shape index (κ3) is 6.17. The first kappa shape index (κ1) is 30.8. The summed E-state index contributed by atoms with van der Waals surface area (Å²) in [6.45, 7) is 5.16. The van der Waals surface area contributed by atoms with Gasteiger partial charge in [0, 0.05) is 43.4 Å². The van der Waals surface area contributed by atoms with E-state index in [1.807, 2.05) is 57.5 Å². The van der Waals surface area contributed by atoms with Gasteiger partial charge in [0.25, 0.3) is 0 Å². The van der Waals surface area contributed by atoms with Gasteiger partial charge in [0.2, 0.25) is 11.9 Å². The number of anilines is 4. The average Bonchev–Trinajstić information content (AvgIpc) is 3.49. The molecule has 0 unspecified atom stereocenters. The normalized spacial score (nSPS) is 13.5. The monoisotopic (exact) mass is 622 g/mol. The summed E-state index contributed by atoms with van der Waals surface area (Å²) in [6, 6.07) is 13.4. The summed E-state index contributed by atoms with van der Waals surface area (Å²) in [4.78, 5) is 34.3. The summed E-state index contributed by atoms with van der Waals surface area (Å²) in [7, 11) is 7.57. The molecule has 3 aromatic heterocycles. The molecule has 0 aliphatic heterocycles. The first-order valence-corrected chi connectivity index (χ1v) is 15.0. The fraction of sp³-hybridized carbons (Fsp3) is 0.294. The number of methoxy groups -OCH3 is 1. The smallest absolute Gasteiger partial charge is 0.247 e. The van der Waals surface area contributed by atoms with Crippen LogP contribution in [0, 0.1) is 0 Å². The van der Waals surface area contributed by atoms with E-state index >= 15 is 0 Å². The summed E-state index contributed by atoms with van der Waals surface area (Å²) in [5.74, 6) is 1.26. The van der Waals surface area contributed by atoms with Crippen LogP contribution in [0.4, 0.5) is 23.0 Å². The van der Waals surface area contributed by atoms with E-state index in [1.54, 1.807) is 25.6 Å². The number of aromatic nitrogens is 4. The number of furan rings is 1. The molecule has 0 bridgehead atoms. The van der Waals surface area contributed by atoms with Gasteiger partial charge in [-0.1, -0.05) is 18.7 Å². The second kappa shape index (κ2) is 12.7. The lowest BCUT2D eigenvalue weighted by Gasteiger charge is -2.26. The Bertz CT molecular complexity index is 1890. The Hall–Kier alpha value is -5.20. The minimum Gasteiger partial charge on any atom is -0.494 e. The molecule has 0 radical (unpaired) electrons. The number of nitrogens with zero attached hydrogens (tertiary/aromatic N) is 5. The van der Waals surface area contributed by atoms with Gasteiger partial charge < -0.3 is 39.7 Å². The number of likely N-dealkylation sites (N-methyl/N-ethyl adjacent to an activating group) is 2. The van der Waals surface area contributed by atoms with Gasteiger partial charge in [-0.15, -0.1) is 0 Å². The topological polar surface area (TPSA) is 145 Å². The molecule has 1 saturated carbocycles. The lowest BCUT2D eigenvalue weighted by molar-refractivity contribution is -0.111. The Morgan fingerprint density at radius 3 is 2.67 bits per heavy atom.